The van der Waals surface area contributed by atoms with Gasteiger partial charge in [-0.3, -0.25) is 9.59 Å². The molecule has 0 unspecified atom stereocenters. The van der Waals surface area contributed by atoms with Crippen molar-refractivity contribution in [1.29, 1.82) is 0 Å². The van der Waals surface area contributed by atoms with Gasteiger partial charge in [0.05, 0.1) is 22.9 Å². The average Bonchev–Trinajstić information content (AvgIpc) is 3.57. The number of carbonyl (C=O) groups excluding carboxylic acids is 2. The lowest BCUT2D eigenvalue weighted by atomic mass is 9.97. The van der Waals surface area contributed by atoms with E-state index < -0.39 is 0 Å². The Morgan fingerprint density at radius 1 is 1.18 bits per heavy atom. The number of thiazole rings is 1. The number of nitrogens with zero attached hydrogens (tertiary/aromatic N) is 6. The number of aryl methyl sites for hydroxylation is 3. The molecule has 11 heteroatoms. The summed E-state index contributed by atoms with van der Waals surface area (Å²) in [7, 11) is 0. The molecular weight excluding hydrogens is 454 g/mol. The Bertz CT molecular complexity index is 1360. The highest BCUT2D eigenvalue weighted by Crippen LogP contribution is 2.31. The molecule has 1 saturated heterocycles. The summed E-state index contributed by atoms with van der Waals surface area (Å²) in [5.74, 6) is 1.38. The average molecular weight is 480 g/mol. The van der Waals surface area contributed by atoms with E-state index in [9.17, 15) is 9.59 Å². The number of rotatable bonds is 5. The Kier molecular flexibility index (Phi) is 5.86. The van der Waals surface area contributed by atoms with Crippen molar-refractivity contribution < 1.29 is 14.0 Å². The van der Waals surface area contributed by atoms with E-state index in [0.29, 0.717) is 48.1 Å². The van der Waals surface area contributed by atoms with Crippen molar-refractivity contribution in [3.8, 4) is 0 Å². The van der Waals surface area contributed by atoms with Crippen LogP contribution in [0.5, 0.6) is 0 Å². The normalized spacial score (nSPS) is 14.6. The number of amides is 2. The first-order chi connectivity index (χ1) is 16.4. The Morgan fingerprint density at radius 3 is 2.71 bits per heavy atom. The van der Waals surface area contributed by atoms with Gasteiger partial charge in [-0.2, -0.15) is 5.10 Å². The molecule has 1 aliphatic heterocycles. The summed E-state index contributed by atoms with van der Waals surface area (Å²) in [6, 6.07) is 5.54. The van der Waals surface area contributed by atoms with E-state index in [0.717, 1.165) is 29.3 Å². The summed E-state index contributed by atoms with van der Waals surface area (Å²) < 4.78 is 7.15. The Labute approximate surface area is 200 Å². The predicted molar refractivity (Wildman–Crippen MR) is 125 cm³/mol. The third-order valence-corrected chi connectivity index (χ3v) is 7.04. The highest BCUT2D eigenvalue weighted by atomic mass is 32.1. The largest absolute Gasteiger partial charge is 0.465 e. The van der Waals surface area contributed by atoms with Gasteiger partial charge in [0.1, 0.15) is 17.2 Å². The molecule has 34 heavy (non-hydrogen) atoms. The van der Waals surface area contributed by atoms with Crippen LogP contribution in [0.4, 0.5) is 0 Å². The van der Waals surface area contributed by atoms with Crippen LogP contribution in [0.2, 0.25) is 0 Å². The van der Waals surface area contributed by atoms with Crippen molar-refractivity contribution in [3.63, 3.8) is 0 Å². The zero-order chi connectivity index (χ0) is 23.8. The van der Waals surface area contributed by atoms with Gasteiger partial charge < -0.3 is 14.6 Å². The van der Waals surface area contributed by atoms with Gasteiger partial charge in [-0.25, -0.2) is 9.50 Å². The molecule has 10 nitrogen and oxygen atoms in total. The molecule has 0 atom stereocenters. The highest BCUT2D eigenvalue weighted by molar-refractivity contribution is 7.09. The van der Waals surface area contributed by atoms with E-state index in [-0.39, 0.29) is 17.7 Å². The van der Waals surface area contributed by atoms with Gasteiger partial charge in [-0.05, 0) is 45.7 Å². The molecule has 0 radical (unpaired) electrons. The summed E-state index contributed by atoms with van der Waals surface area (Å²) in [6.07, 6.45) is 1.56. The van der Waals surface area contributed by atoms with Crippen LogP contribution in [0.15, 0.2) is 28.0 Å². The number of piperidine rings is 1. The fourth-order valence-corrected chi connectivity index (χ4v) is 5.14. The quantitative estimate of drug-likeness (QED) is 0.467. The van der Waals surface area contributed by atoms with Gasteiger partial charge in [0.2, 0.25) is 0 Å². The SMILES string of the molecule is Cc1cc2nnc(C(=O)N3CCC(c4nc(C(=O)NCc5ccc(C)o5)cs4)CC3)c(C)n2n1. The second-order valence-corrected chi connectivity index (χ2v) is 9.41. The molecule has 1 fully saturated rings. The van der Waals surface area contributed by atoms with Gasteiger partial charge in [-0.1, -0.05) is 0 Å². The number of hydrogen-bond acceptors (Lipinski definition) is 8. The van der Waals surface area contributed by atoms with Crippen molar-refractivity contribution in [1.82, 2.24) is 35.0 Å². The van der Waals surface area contributed by atoms with E-state index in [2.05, 4.69) is 25.6 Å². The van der Waals surface area contributed by atoms with Crippen LogP contribution >= 0.6 is 11.3 Å². The van der Waals surface area contributed by atoms with E-state index in [1.54, 1.807) is 9.90 Å². The molecule has 0 aromatic carbocycles. The molecule has 0 spiro atoms. The van der Waals surface area contributed by atoms with E-state index in [1.165, 1.54) is 11.3 Å². The van der Waals surface area contributed by atoms with Crippen LogP contribution in [-0.4, -0.2) is 54.6 Å². The lowest BCUT2D eigenvalue weighted by molar-refractivity contribution is 0.0704. The van der Waals surface area contributed by atoms with Crippen LogP contribution in [0, 0.1) is 20.8 Å². The Morgan fingerprint density at radius 2 is 1.97 bits per heavy atom. The number of nitrogens with one attached hydrogen (secondary N) is 1. The first-order valence-electron chi connectivity index (χ1n) is 11.2. The van der Waals surface area contributed by atoms with Gasteiger partial charge in [0, 0.05) is 30.5 Å². The van der Waals surface area contributed by atoms with Crippen LogP contribution in [0.3, 0.4) is 0 Å². The Balaban J connectivity index is 1.19. The third-order valence-electron chi connectivity index (χ3n) is 6.03. The number of hydrogen-bond donors (Lipinski definition) is 1. The molecule has 0 aliphatic carbocycles. The van der Waals surface area contributed by atoms with Crippen molar-refractivity contribution in [2.75, 3.05) is 13.1 Å². The minimum Gasteiger partial charge on any atom is -0.465 e. The summed E-state index contributed by atoms with van der Waals surface area (Å²) >= 11 is 1.49. The molecule has 1 N–H and O–H groups in total. The standard InChI is InChI=1S/C23H25N7O3S/c1-13-10-19-26-27-20(15(3)30(19)28-13)23(32)29-8-6-16(7-9-29)22-25-18(12-34-22)21(31)24-11-17-5-4-14(2)33-17/h4-5,10,12,16H,6-9,11H2,1-3H3,(H,24,31). The number of aromatic nitrogens is 5. The monoisotopic (exact) mass is 479 g/mol. The lowest BCUT2D eigenvalue weighted by Crippen LogP contribution is -2.39. The maximum Gasteiger partial charge on any atom is 0.276 e. The topological polar surface area (TPSA) is 119 Å². The molecule has 5 rings (SSSR count). The molecule has 5 heterocycles. The zero-order valence-corrected chi connectivity index (χ0v) is 20.1. The first kappa shape index (κ1) is 22.2. The maximum absolute atomic E-state index is 13.1. The summed E-state index contributed by atoms with van der Waals surface area (Å²) in [4.78, 5) is 31.9. The van der Waals surface area contributed by atoms with E-state index >= 15 is 0 Å². The molecular formula is C23H25N7O3S. The van der Waals surface area contributed by atoms with Gasteiger partial charge in [0.25, 0.3) is 11.8 Å². The van der Waals surface area contributed by atoms with Gasteiger partial charge in [-0.15, -0.1) is 21.5 Å². The minimum absolute atomic E-state index is 0.133. The fourth-order valence-electron chi connectivity index (χ4n) is 4.17. The van der Waals surface area contributed by atoms with Crippen molar-refractivity contribution >= 4 is 28.8 Å². The van der Waals surface area contributed by atoms with Crippen molar-refractivity contribution in [3.05, 3.63) is 62.9 Å². The summed E-state index contributed by atoms with van der Waals surface area (Å²) in [5, 5.41) is 18.3. The van der Waals surface area contributed by atoms with E-state index in [4.69, 9.17) is 4.42 Å². The molecule has 2 amide bonds. The van der Waals surface area contributed by atoms with Crippen LogP contribution in [-0.2, 0) is 6.54 Å². The molecule has 176 valence electrons. The summed E-state index contributed by atoms with van der Waals surface area (Å²) in [5.41, 5.74) is 2.89. The molecule has 4 aromatic heterocycles. The second kappa shape index (κ2) is 8.98. The molecule has 1 aliphatic rings. The van der Waals surface area contributed by atoms with Gasteiger partial charge in [0.15, 0.2) is 11.3 Å². The highest BCUT2D eigenvalue weighted by Gasteiger charge is 2.29. The Hall–Kier alpha value is -3.60. The van der Waals surface area contributed by atoms with Crippen LogP contribution in [0.1, 0.15) is 67.7 Å². The second-order valence-electron chi connectivity index (χ2n) is 8.52. The number of fused-ring (bicyclic) bond motifs is 1. The minimum atomic E-state index is -0.220. The number of likely N-dealkylation sites (tertiary alicyclic amines) is 1. The number of carbonyl (C=O) groups is 2. The lowest BCUT2D eigenvalue weighted by Gasteiger charge is -2.31. The first-order valence-corrected chi connectivity index (χ1v) is 12.0. The molecule has 4 aromatic rings. The van der Waals surface area contributed by atoms with E-state index in [1.807, 2.05) is 43.9 Å². The third kappa shape index (κ3) is 4.30. The molecule has 0 saturated carbocycles. The van der Waals surface area contributed by atoms with Crippen molar-refractivity contribution in [2.24, 2.45) is 0 Å². The zero-order valence-electron chi connectivity index (χ0n) is 19.2. The maximum atomic E-state index is 13.1. The van der Waals surface area contributed by atoms with Crippen LogP contribution < -0.4 is 5.32 Å². The smallest absolute Gasteiger partial charge is 0.276 e. The summed E-state index contributed by atoms with van der Waals surface area (Å²) in [6.45, 7) is 7.10. The predicted octanol–water partition coefficient (Wildman–Crippen LogP) is 3.05. The van der Waals surface area contributed by atoms with Crippen molar-refractivity contribution in [2.45, 2.75) is 46.1 Å². The van der Waals surface area contributed by atoms with Gasteiger partial charge >= 0.3 is 0 Å². The fraction of sp³-hybridized carbons (Fsp3) is 0.391. The number of furan rings is 1. The molecule has 0 bridgehead atoms. The van der Waals surface area contributed by atoms with Crippen LogP contribution in [0.25, 0.3) is 5.65 Å².